The van der Waals surface area contributed by atoms with E-state index in [1.165, 1.54) is 154 Å². The van der Waals surface area contributed by atoms with Crippen molar-refractivity contribution in [2.24, 2.45) is 0 Å². The van der Waals surface area contributed by atoms with E-state index in [0.29, 0.717) is 12.8 Å². The number of likely N-dealkylation sites (N-methyl/N-ethyl adjacent to an activating group) is 1. The predicted molar refractivity (Wildman–Crippen MR) is 250 cm³/mol. The van der Waals surface area contributed by atoms with E-state index in [-0.39, 0.29) is 42.7 Å². The van der Waals surface area contributed by atoms with Crippen LogP contribution in [0.5, 0.6) is 0 Å². The van der Waals surface area contributed by atoms with Crippen LogP contribution in [0.1, 0.15) is 239 Å². The highest BCUT2D eigenvalue weighted by Crippen LogP contribution is 2.16. The molecule has 0 saturated carbocycles. The monoisotopic (exact) mass is 848 g/mol. The molecular weight excluding hydrogens is 751 g/mol. The maximum absolute atomic E-state index is 12.8. The molecule has 0 aliphatic rings. The summed E-state index contributed by atoms with van der Waals surface area (Å²) in [6.45, 7) is 4.67. The molecule has 0 aromatic rings. The molecule has 8 nitrogen and oxygen atoms in total. The number of carboxylic acid groups (broad SMARTS) is 1. The van der Waals surface area contributed by atoms with Crippen molar-refractivity contribution >= 4 is 17.9 Å². The number of carboxylic acids is 1. The first kappa shape index (κ1) is 57.8. The first-order valence-electron chi connectivity index (χ1n) is 25.4. The van der Waals surface area contributed by atoms with E-state index in [1.807, 2.05) is 0 Å². The third-order valence-electron chi connectivity index (χ3n) is 11.6. The molecule has 0 saturated heterocycles. The molecule has 2 atom stereocenters. The lowest BCUT2D eigenvalue weighted by Gasteiger charge is -2.34. The van der Waals surface area contributed by atoms with Crippen molar-refractivity contribution in [2.75, 3.05) is 41.0 Å². The first-order chi connectivity index (χ1) is 29.1. The van der Waals surface area contributed by atoms with Gasteiger partial charge in [0.1, 0.15) is 12.6 Å². The SMILES string of the molecule is CCCCC/C=C/C/C=C/CCCCCCCCCC(=O)OC(COCCC(C(=O)[O-])[N+](C)(C)C)COC(=O)CCCCCCCCCCCCCCCCCCCCC. The number of carbonyl (C=O) groups excluding carboxylic acids is 3. The van der Waals surface area contributed by atoms with Gasteiger partial charge in [0.25, 0.3) is 0 Å². The van der Waals surface area contributed by atoms with Gasteiger partial charge >= 0.3 is 11.9 Å². The third kappa shape index (κ3) is 41.2. The number of aliphatic carboxylic acids is 1. The number of nitrogens with zero attached hydrogens (tertiary/aromatic N) is 1. The number of rotatable bonds is 46. The van der Waals surface area contributed by atoms with E-state index in [2.05, 4.69) is 38.2 Å². The Kier molecular flexibility index (Phi) is 41.9. The second-order valence-electron chi connectivity index (χ2n) is 18.4. The van der Waals surface area contributed by atoms with Crippen LogP contribution in [0.3, 0.4) is 0 Å². The number of hydrogen-bond donors (Lipinski definition) is 0. The molecule has 0 fully saturated rings. The Morgan fingerprint density at radius 3 is 1.32 bits per heavy atom. The molecule has 0 bridgehead atoms. The average Bonchev–Trinajstić information content (AvgIpc) is 3.21. The van der Waals surface area contributed by atoms with Crippen molar-refractivity contribution in [2.45, 2.75) is 251 Å². The van der Waals surface area contributed by atoms with Gasteiger partial charge in [0.2, 0.25) is 0 Å². The lowest BCUT2D eigenvalue weighted by atomic mass is 10.0. The van der Waals surface area contributed by atoms with Crippen molar-refractivity contribution in [3.05, 3.63) is 24.3 Å². The molecule has 0 radical (unpaired) electrons. The van der Waals surface area contributed by atoms with Crippen LogP contribution in [0.25, 0.3) is 0 Å². The van der Waals surface area contributed by atoms with Crippen LogP contribution in [0.4, 0.5) is 0 Å². The molecular formula is C52H97NO7. The molecule has 0 heterocycles. The highest BCUT2D eigenvalue weighted by Gasteiger charge is 2.25. The zero-order chi connectivity index (χ0) is 44.2. The lowest BCUT2D eigenvalue weighted by Crippen LogP contribution is -2.55. The summed E-state index contributed by atoms with van der Waals surface area (Å²) in [7, 11) is 5.42. The Morgan fingerprint density at radius 1 is 0.500 bits per heavy atom. The standard InChI is InChI=1S/C52H97NO7/c1-6-8-10-12-14-16-18-20-22-24-25-27-28-30-32-34-36-38-40-42-50(54)59-47-48(46-58-45-44-49(52(56)57)53(3,4)5)60-51(55)43-41-39-37-35-33-31-29-26-23-21-19-17-15-13-11-9-7-2/h15,17,21,23,48-49H,6-14,16,18-20,22,24-47H2,1-5H3/b17-15+,23-21+. The number of carbonyl (C=O) groups is 3. The average molecular weight is 848 g/mol. The van der Waals surface area contributed by atoms with Crippen LogP contribution in [0.15, 0.2) is 24.3 Å². The van der Waals surface area contributed by atoms with E-state index in [1.54, 1.807) is 21.1 Å². The summed E-state index contributed by atoms with van der Waals surface area (Å²) in [6.07, 6.45) is 49.1. The Bertz CT molecular complexity index is 1040. The Morgan fingerprint density at radius 2 is 0.883 bits per heavy atom. The van der Waals surface area contributed by atoms with Crippen LogP contribution in [-0.2, 0) is 28.6 Å². The topological polar surface area (TPSA) is 102 Å². The van der Waals surface area contributed by atoms with Crippen LogP contribution >= 0.6 is 0 Å². The van der Waals surface area contributed by atoms with E-state index in [4.69, 9.17) is 14.2 Å². The zero-order valence-corrected chi connectivity index (χ0v) is 40.1. The van der Waals surface area contributed by atoms with Crippen LogP contribution in [0.2, 0.25) is 0 Å². The second kappa shape index (κ2) is 43.5. The fourth-order valence-corrected chi connectivity index (χ4v) is 7.63. The van der Waals surface area contributed by atoms with Crippen LogP contribution < -0.4 is 5.11 Å². The van der Waals surface area contributed by atoms with E-state index in [9.17, 15) is 19.5 Å². The minimum atomic E-state index is -1.12. The second-order valence-corrected chi connectivity index (χ2v) is 18.4. The quantitative estimate of drug-likeness (QED) is 0.0260. The van der Waals surface area contributed by atoms with Gasteiger partial charge in [-0.3, -0.25) is 9.59 Å². The molecule has 8 heteroatoms. The number of ether oxygens (including phenoxy) is 3. The van der Waals surface area contributed by atoms with Crippen molar-refractivity contribution in [1.82, 2.24) is 0 Å². The number of hydrogen-bond acceptors (Lipinski definition) is 7. The normalized spacial score (nSPS) is 13.0. The smallest absolute Gasteiger partial charge is 0.306 e. The van der Waals surface area contributed by atoms with E-state index < -0.39 is 18.1 Å². The summed E-state index contributed by atoms with van der Waals surface area (Å²) in [5, 5.41) is 11.7. The maximum Gasteiger partial charge on any atom is 0.306 e. The minimum Gasteiger partial charge on any atom is -0.544 e. The molecule has 0 rings (SSSR count). The van der Waals surface area contributed by atoms with E-state index in [0.717, 1.165) is 51.4 Å². The van der Waals surface area contributed by atoms with Crippen LogP contribution in [-0.4, -0.2) is 75.5 Å². The van der Waals surface area contributed by atoms with Crippen molar-refractivity contribution in [3.8, 4) is 0 Å². The molecule has 2 unspecified atom stereocenters. The fourth-order valence-electron chi connectivity index (χ4n) is 7.63. The van der Waals surface area contributed by atoms with E-state index >= 15 is 0 Å². The van der Waals surface area contributed by atoms with Gasteiger partial charge in [-0.1, -0.05) is 199 Å². The number of allylic oxidation sites excluding steroid dienone is 4. The zero-order valence-electron chi connectivity index (χ0n) is 40.1. The van der Waals surface area contributed by atoms with Gasteiger partial charge < -0.3 is 28.6 Å². The number of esters is 2. The first-order valence-corrected chi connectivity index (χ1v) is 25.4. The number of unbranched alkanes of at least 4 members (excludes halogenated alkanes) is 28. The highest BCUT2D eigenvalue weighted by atomic mass is 16.6. The Labute approximate surface area is 371 Å². The predicted octanol–water partition coefficient (Wildman–Crippen LogP) is 13.1. The highest BCUT2D eigenvalue weighted by molar-refractivity contribution is 5.70. The van der Waals surface area contributed by atoms with Crippen molar-refractivity contribution in [1.29, 1.82) is 0 Å². The molecule has 0 aliphatic heterocycles. The molecule has 0 aliphatic carbocycles. The molecule has 0 aromatic heterocycles. The molecule has 0 amide bonds. The summed E-state index contributed by atoms with van der Waals surface area (Å²) in [5.41, 5.74) is 0. The molecule has 0 N–H and O–H groups in total. The van der Waals surface area contributed by atoms with Gasteiger partial charge in [-0.15, -0.1) is 0 Å². The summed E-state index contributed by atoms with van der Waals surface area (Å²) >= 11 is 0. The Balaban J connectivity index is 4.23. The lowest BCUT2D eigenvalue weighted by molar-refractivity contribution is -0.889. The number of quaternary nitrogens is 1. The minimum absolute atomic E-state index is 0.0418. The largest absolute Gasteiger partial charge is 0.544 e. The summed E-state index contributed by atoms with van der Waals surface area (Å²) in [6, 6.07) is -0.725. The van der Waals surface area contributed by atoms with Gasteiger partial charge in [-0.2, -0.15) is 0 Å². The van der Waals surface area contributed by atoms with Gasteiger partial charge in [0.15, 0.2) is 6.10 Å². The summed E-state index contributed by atoms with van der Waals surface area (Å²) in [4.78, 5) is 37.0. The summed E-state index contributed by atoms with van der Waals surface area (Å²) in [5.74, 6) is -1.73. The fraction of sp³-hybridized carbons (Fsp3) is 0.865. The molecule has 352 valence electrons. The third-order valence-corrected chi connectivity index (χ3v) is 11.6. The van der Waals surface area contributed by atoms with Gasteiger partial charge in [-0.05, 0) is 44.9 Å². The molecule has 60 heavy (non-hydrogen) atoms. The molecule has 0 spiro atoms. The van der Waals surface area contributed by atoms with Gasteiger partial charge in [0.05, 0.1) is 40.3 Å². The van der Waals surface area contributed by atoms with Crippen molar-refractivity contribution in [3.63, 3.8) is 0 Å². The van der Waals surface area contributed by atoms with Gasteiger partial charge in [-0.25, -0.2) is 0 Å². The maximum atomic E-state index is 12.8. The summed E-state index contributed by atoms with van der Waals surface area (Å²) < 4.78 is 17.2. The Hall–Kier alpha value is -2.19. The molecule has 0 aromatic carbocycles. The van der Waals surface area contributed by atoms with Gasteiger partial charge in [0, 0.05) is 19.3 Å². The van der Waals surface area contributed by atoms with Crippen LogP contribution in [0, 0.1) is 0 Å². The van der Waals surface area contributed by atoms with Crippen molar-refractivity contribution < 1.29 is 38.2 Å².